The lowest BCUT2D eigenvalue weighted by Gasteiger charge is -2.35. The normalized spacial score (nSPS) is 18.3. The van der Waals surface area contributed by atoms with E-state index in [0.29, 0.717) is 16.6 Å². The highest BCUT2D eigenvalue weighted by atomic mass is 79.9. The number of carbonyl (C=O) groups is 1. The maximum Gasteiger partial charge on any atom is 0.172 e. The van der Waals surface area contributed by atoms with Gasteiger partial charge in [0.2, 0.25) is 0 Å². The number of Topliss-reactive ketones (excluding diaryl/α,β-unsaturated/α-hetero) is 1. The van der Waals surface area contributed by atoms with E-state index < -0.39 is 0 Å². The number of carbonyl (C=O) groups excluding carboxylic acids is 1. The summed E-state index contributed by atoms with van der Waals surface area (Å²) < 4.78 is 5.95. The fraction of sp³-hybridized carbons (Fsp3) is 0.208. The van der Waals surface area contributed by atoms with Gasteiger partial charge in [0, 0.05) is 29.3 Å². The first-order valence-electron chi connectivity index (χ1n) is 9.69. The molecule has 5 heteroatoms. The van der Waals surface area contributed by atoms with Gasteiger partial charge < -0.3 is 15.2 Å². The number of benzene rings is 3. The average molecular weight is 450 g/mol. The number of allylic oxidation sites excluding steroid dienone is 2. The fourth-order valence-electron chi connectivity index (χ4n) is 4.60. The number of anilines is 1. The molecule has 0 saturated heterocycles. The van der Waals surface area contributed by atoms with Crippen LogP contribution in [0.15, 0.2) is 64.3 Å². The van der Waals surface area contributed by atoms with Gasteiger partial charge in [-0.3, -0.25) is 4.79 Å². The minimum Gasteiger partial charge on any atom is -0.503 e. The van der Waals surface area contributed by atoms with Gasteiger partial charge in [-0.25, -0.2) is 0 Å². The summed E-state index contributed by atoms with van der Waals surface area (Å²) in [6, 6.07) is 16.2. The van der Waals surface area contributed by atoms with Gasteiger partial charge in [-0.2, -0.15) is 0 Å². The van der Waals surface area contributed by atoms with Crippen LogP contribution in [0.1, 0.15) is 36.3 Å². The van der Waals surface area contributed by atoms with E-state index in [2.05, 4.69) is 45.5 Å². The first-order valence-corrected chi connectivity index (χ1v) is 10.5. The van der Waals surface area contributed by atoms with Crippen molar-refractivity contribution < 1.29 is 14.6 Å². The molecular formula is C24H20BrNO3. The van der Waals surface area contributed by atoms with Crippen LogP contribution in [0.3, 0.4) is 0 Å². The molecule has 4 nitrogen and oxygen atoms in total. The third-order valence-corrected chi connectivity index (χ3v) is 6.50. The molecule has 146 valence electrons. The Balaban J connectivity index is 1.84. The van der Waals surface area contributed by atoms with E-state index >= 15 is 0 Å². The van der Waals surface area contributed by atoms with E-state index in [-0.39, 0.29) is 17.5 Å². The summed E-state index contributed by atoms with van der Waals surface area (Å²) in [7, 11) is 1.54. The molecule has 1 unspecified atom stereocenters. The highest BCUT2D eigenvalue weighted by Crippen LogP contribution is 2.50. The van der Waals surface area contributed by atoms with Gasteiger partial charge in [-0.05, 0) is 68.9 Å². The molecule has 0 aromatic heterocycles. The van der Waals surface area contributed by atoms with Crippen LogP contribution in [0.25, 0.3) is 10.8 Å². The second-order valence-corrected chi connectivity index (χ2v) is 8.38. The predicted molar refractivity (Wildman–Crippen MR) is 118 cm³/mol. The number of ether oxygens (including phenoxy) is 1. The zero-order valence-corrected chi connectivity index (χ0v) is 17.5. The monoisotopic (exact) mass is 449 g/mol. The molecule has 2 N–H and O–H groups in total. The number of methoxy groups -OCH3 is 1. The van der Waals surface area contributed by atoms with Crippen LogP contribution in [0.4, 0.5) is 5.69 Å². The molecule has 0 bridgehead atoms. The first-order chi connectivity index (χ1) is 14.1. The van der Waals surface area contributed by atoms with Crippen molar-refractivity contribution in [3.63, 3.8) is 0 Å². The molecule has 1 aliphatic heterocycles. The Hall–Kier alpha value is -2.79. The Morgan fingerprint density at radius 2 is 1.97 bits per heavy atom. The van der Waals surface area contributed by atoms with Crippen molar-refractivity contribution in [1.82, 2.24) is 0 Å². The Labute approximate surface area is 177 Å². The third-order valence-electron chi connectivity index (χ3n) is 5.89. The zero-order chi connectivity index (χ0) is 20.1. The zero-order valence-electron chi connectivity index (χ0n) is 16.0. The summed E-state index contributed by atoms with van der Waals surface area (Å²) in [6.07, 6.45) is 2.29. The van der Waals surface area contributed by atoms with E-state index in [4.69, 9.17) is 4.74 Å². The number of halogens is 1. The molecule has 1 atom stereocenters. The molecule has 3 aromatic carbocycles. The summed E-state index contributed by atoms with van der Waals surface area (Å²) in [5.74, 6) is 0.420. The maximum atomic E-state index is 13.1. The summed E-state index contributed by atoms with van der Waals surface area (Å²) in [4.78, 5) is 13.1. The van der Waals surface area contributed by atoms with Gasteiger partial charge in [0.15, 0.2) is 17.3 Å². The highest BCUT2D eigenvalue weighted by molar-refractivity contribution is 9.10. The molecule has 1 heterocycles. The molecule has 2 aliphatic rings. The Morgan fingerprint density at radius 3 is 2.79 bits per heavy atom. The van der Waals surface area contributed by atoms with Crippen LogP contribution >= 0.6 is 15.9 Å². The Kier molecular flexibility index (Phi) is 4.36. The van der Waals surface area contributed by atoms with Gasteiger partial charge in [0.05, 0.1) is 11.6 Å². The summed E-state index contributed by atoms with van der Waals surface area (Å²) in [5.41, 5.74) is 4.90. The van der Waals surface area contributed by atoms with Gasteiger partial charge in [-0.15, -0.1) is 0 Å². The Bertz CT molecular complexity index is 1200. The molecule has 0 fully saturated rings. The van der Waals surface area contributed by atoms with E-state index in [1.54, 1.807) is 0 Å². The molecule has 3 aromatic rings. The van der Waals surface area contributed by atoms with E-state index in [0.717, 1.165) is 51.7 Å². The number of phenolic OH excluding ortho intramolecular Hbond substituents is 1. The lowest BCUT2D eigenvalue weighted by Crippen LogP contribution is -2.27. The molecular weight excluding hydrogens is 430 g/mol. The second kappa shape index (κ2) is 6.92. The van der Waals surface area contributed by atoms with Crippen molar-refractivity contribution in [2.24, 2.45) is 0 Å². The standard InChI is InChI=1S/C24H20BrNO3/c1-29-20-12-14(11-16(25)24(20)28)21-22-15-6-3-2-5-13(15)9-10-18(22)26-17-7-4-8-19(27)23(17)21/h2-3,5-6,9-12,21,26,28H,4,7-8H2,1H3. The van der Waals surface area contributed by atoms with Crippen molar-refractivity contribution in [3.05, 3.63) is 75.4 Å². The number of aromatic hydroxyl groups is 1. The summed E-state index contributed by atoms with van der Waals surface area (Å²) >= 11 is 3.45. The quantitative estimate of drug-likeness (QED) is 0.512. The van der Waals surface area contributed by atoms with Gasteiger partial charge >= 0.3 is 0 Å². The number of hydrogen-bond donors (Lipinski definition) is 2. The number of hydrogen-bond acceptors (Lipinski definition) is 4. The van der Waals surface area contributed by atoms with Crippen LogP contribution in [0.2, 0.25) is 0 Å². The SMILES string of the molecule is COc1cc(C2C3=C(CCCC3=O)Nc3ccc4ccccc4c32)cc(Br)c1O. The van der Waals surface area contributed by atoms with E-state index in [1.165, 1.54) is 7.11 Å². The molecule has 0 saturated carbocycles. The molecule has 0 spiro atoms. The Morgan fingerprint density at radius 1 is 1.14 bits per heavy atom. The van der Waals surface area contributed by atoms with Crippen LogP contribution in [-0.2, 0) is 4.79 Å². The molecule has 29 heavy (non-hydrogen) atoms. The van der Waals surface area contributed by atoms with Crippen LogP contribution < -0.4 is 10.1 Å². The van der Waals surface area contributed by atoms with Crippen molar-refractivity contribution in [1.29, 1.82) is 0 Å². The molecule has 0 radical (unpaired) electrons. The van der Waals surface area contributed by atoms with Crippen molar-refractivity contribution >= 4 is 38.2 Å². The number of ketones is 1. The molecule has 0 amide bonds. The number of fused-ring (bicyclic) bond motifs is 3. The maximum absolute atomic E-state index is 13.1. The average Bonchev–Trinajstić information content (AvgIpc) is 2.74. The number of nitrogens with one attached hydrogen (secondary N) is 1. The van der Waals surface area contributed by atoms with Gasteiger partial charge in [-0.1, -0.05) is 30.3 Å². The second-order valence-electron chi connectivity index (χ2n) is 7.53. The van der Waals surface area contributed by atoms with Crippen LogP contribution in [0, 0.1) is 0 Å². The third kappa shape index (κ3) is 2.84. The van der Waals surface area contributed by atoms with Gasteiger partial charge in [0.1, 0.15) is 0 Å². The van der Waals surface area contributed by atoms with E-state index in [1.807, 2.05) is 24.3 Å². The lowest BCUT2D eigenvalue weighted by molar-refractivity contribution is -0.116. The van der Waals surface area contributed by atoms with E-state index in [9.17, 15) is 9.90 Å². The van der Waals surface area contributed by atoms with Crippen LogP contribution in [-0.4, -0.2) is 18.0 Å². The molecule has 5 rings (SSSR count). The highest BCUT2D eigenvalue weighted by Gasteiger charge is 2.36. The van der Waals surface area contributed by atoms with Crippen LogP contribution in [0.5, 0.6) is 11.5 Å². The first kappa shape index (κ1) is 18.3. The van der Waals surface area contributed by atoms with Crippen molar-refractivity contribution in [2.45, 2.75) is 25.2 Å². The topological polar surface area (TPSA) is 58.6 Å². The smallest absolute Gasteiger partial charge is 0.172 e. The number of rotatable bonds is 2. The summed E-state index contributed by atoms with van der Waals surface area (Å²) in [6.45, 7) is 0. The van der Waals surface area contributed by atoms with Crippen molar-refractivity contribution in [2.75, 3.05) is 12.4 Å². The predicted octanol–water partition coefficient (Wildman–Crippen LogP) is 5.88. The minimum absolute atomic E-state index is 0.0625. The van der Waals surface area contributed by atoms with Gasteiger partial charge in [0.25, 0.3) is 0 Å². The molecule has 1 aliphatic carbocycles. The number of phenols is 1. The van der Waals surface area contributed by atoms with Crippen molar-refractivity contribution in [3.8, 4) is 11.5 Å². The minimum atomic E-state index is -0.217. The summed E-state index contributed by atoms with van der Waals surface area (Å²) in [5, 5.41) is 16.1. The largest absolute Gasteiger partial charge is 0.503 e. The lowest BCUT2D eigenvalue weighted by atomic mass is 9.74. The fourth-order valence-corrected chi connectivity index (χ4v) is 5.06.